The molecule has 1 rings (SSSR count). The molecule has 1 aromatic rings. The maximum Gasteiger partial charge on any atom is 0.0175 e. The van der Waals surface area contributed by atoms with Crippen molar-refractivity contribution >= 4 is 15.9 Å². The summed E-state index contributed by atoms with van der Waals surface area (Å²) in [4.78, 5) is 0. The van der Waals surface area contributed by atoms with Gasteiger partial charge in [0, 0.05) is 4.47 Å². The molecule has 1 unspecified atom stereocenters. The van der Waals surface area contributed by atoms with Crippen molar-refractivity contribution in [2.24, 2.45) is 11.8 Å². The molecule has 0 amide bonds. The predicted octanol–water partition coefficient (Wildman–Crippen LogP) is 4.26. The molecule has 0 saturated carbocycles. The molecule has 0 aliphatic carbocycles. The van der Waals surface area contributed by atoms with Gasteiger partial charge in [-0.15, -0.1) is 0 Å². The van der Waals surface area contributed by atoms with Gasteiger partial charge in [-0.05, 0) is 49.5 Å². The molecular formula is C15H24BrN. The minimum absolute atomic E-state index is 0.746. The highest BCUT2D eigenvalue weighted by atomic mass is 79.9. The summed E-state index contributed by atoms with van der Waals surface area (Å²) in [5, 5.41) is 3.34. The van der Waals surface area contributed by atoms with Crippen molar-refractivity contribution in [2.45, 2.75) is 33.1 Å². The van der Waals surface area contributed by atoms with E-state index in [4.69, 9.17) is 0 Å². The molecule has 1 nitrogen and oxygen atoms in total. The number of hydrogen-bond donors (Lipinski definition) is 1. The van der Waals surface area contributed by atoms with E-state index in [-0.39, 0.29) is 0 Å². The third-order valence-electron chi connectivity index (χ3n) is 3.59. The molecule has 0 spiro atoms. The molecule has 1 aromatic carbocycles. The quantitative estimate of drug-likeness (QED) is 0.793. The predicted molar refractivity (Wildman–Crippen MR) is 79.3 cm³/mol. The number of hydrogen-bond acceptors (Lipinski definition) is 1. The van der Waals surface area contributed by atoms with E-state index < -0.39 is 0 Å². The van der Waals surface area contributed by atoms with Crippen LogP contribution < -0.4 is 5.32 Å². The molecule has 0 heterocycles. The van der Waals surface area contributed by atoms with Gasteiger partial charge in [0.25, 0.3) is 0 Å². The number of nitrogens with one attached hydrogen (secondary N) is 1. The first-order valence-corrected chi connectivity index (χ1v) is 7.39. The van der Waals surface area contributed by atoms with Gasteiger partial charge in [0.2, 0.25) is 0 Å². The van der Waals surface area contributed by atoms with Gasteiger partial charge in [-0.3, -0.25) is 0 Å². The summed E-state index contributed by atoms with van der Waals surface area (Å²) < 4.78 is 1.16. The molecule has 96 valence electrons. The second-order valence-corrected chi connectivity index (χ2v) is 5.64. The Morgan fingerprint density at radius 1 is 1.06 bits per heavy atom. The van der Waals surface area contributed by atoms with E-state index >= 15 is 0 Å². The Labute approximate surface area is 114 Å². The van der Waals surface area contributed by atoms with Gasteiger partial charge in [0.15, 0.2) is 0 Å². The van der Waals surface area contributed by atoms with Gasteiger partial charge in [-0.25, -0.2) is 0 Å². The van der Waals surface area contributed by atoms with Crippen LogP contribution in [0.15, 0.2) is 28.7 Å². The molecule has 0 saturated heterocycles. The second kappa shape index (κ2) is 7.88. The van der Waals surface area contributed by atoms with Crippen LogP contribution in [0.25, 0.3) is 0 Å². The van der Waals surface area contributed by atoms with Crippen LogP contribution in [0.1, 0.15) is 32.3 Å². The van der Waals surface area contributed by atoms with Gasteiger partial charge in [-0.2, -0.15) is 0 Å². The largest absolute Gasteiger partial charge is 0.319 e. The minimum atomic E-state index is 0.746. The Morgan fingerprint density at radius 3 is 2.12 bits per heavy atom. The van der Waals surface area contributed by atoms with Crippen molar-refractivity contribution < 1.29 is 0 Å². The lowest BCUT2D eigenvalue weighted by Gasteiger charge is -2.25. The number of halogens is 1. The van der Waals surface area contributed by atoms with Crippen LogP contribution in [0.5, 0.6) is 0 Å². The highest BCUT2D eigenvalue weighted by Crippen LogP contribution is 2.23. The standard InChI is InChI=1S/C15H24BrN/c1-4-13(5-2)14(11-17-3)10-12-6-8-15(16)9-7-12/h6-9,13-14,17H,4-5,10-11H2,1-3H3. The Morgan fingerprint density at radius 2 is 1.65 bits per heavy atom. The van der Waals surface area contributed by atoms with Crippen molar-refractivity contribution in [1.29, 1.82) is 0 Å². The lowest BCUT2D eigenvalue weighted by molar-refractivity contribution is 0.304. The van der Waals surface area contributed by atoms with Crippen molar-refractivity contribution in [3.8, 4) is 0 Å². The third-order valence-corrected chi connectivity index (χ3v) is 4.12. The van der Waals surface area contributed by atoms with E-state index in [1.165, 1.54) is 24.8 Å². The fraction of sp³-hybridized carbons (Fsp3) is 0.600. The zero-order chi connectivity index (χ0) is 12.7. The lowest BCUT2D eigenvalue weighted by atomic mass is 9.83. The normalized spacial score (nSPS) is 13.0. The maximum absolute atomic E-state index is 3.49. The van der Waals surface area contributed by atoms with Crippen LogP contribution in [0.3, 0.4) is 0 Å². The van der Waals surface area contributed by atoms with E-state index in [9.17, 15) is 0 Å². The van der Waals surface area contributed by atoms with E-state index in [2.05, 4.69) is 66.4 Å². The van der Waals surface area contributed by atoms with Crippen LogP contribution in [-0.2, 0) is 6.42 Å². The van der Waals surface area contributed by atoms with E-state index in [1.807, 2.05) is 0 Å². The lowest BCUT2D eigenvalue weighted by Crippen LogP contribution is -2.27. The molecule has 0 aromatic heterocycles. The van der Waals surface area contributed by atoms with Crippen LogP contribution in [0.4, 0.5) is 0 Å². The molecule has 2 heteroatoms. The van der Waals surface area contributed by atoms with Gasteiger partial charge in [0.1, 0.15) is 0 Å². The highest BCUT2D eigenvalue weighted by Gasteiger charge is 2.18. The van der Waals surface area contributed by atoms with Crippen molar-refractivity contribution in [2.75, 3.05) is 13.6 Å². The first kappa shape index (κ1) is 14.7. The monoisotopic (exact) mass is 297 g/mol. The highest BCUT2D eigenvalue weighted by molar-refractivity contribution is 9.10. The van der Waals surface area contributed by atoms with Crippen LogP contribution in [-0.4, -0.2) is 13.6 Å². The molecule has 0 fully saturated rings. The number of rotatable bonds is 7. The molecule has 1 N–H and O–H groups in total. The first-order valence-electron chi connectivity index (χ1n) is 6.60. The second-order valence-electron chi connectivity index (χ2n) is 4.72. The summed E-state index contributed by atoms with van der Waals surface area (Å²) in [6.45, 7) is 5.72. The van der Waals surface area contributed by atoms with Gasteiger partial charge in [-0.1, -0.05) is 54.8 Å². The van der Waals surface area contributed by atoms with Crippen LogP contribution in [0, 0.1) is 11.8 Å². The Kier molecular flexibility index (Phi) is 6.83. The molecule has 17 heavy (non-hydrogen) atoms. The van der Waals surface area contributed by atoms with E-state index in [0.29, 0.717) is 0 Å². The fourth-order valence-electron chi connectivity index (χ4n) is 2.55. The van der Waals surface area contributed by atoms with Crippen LogP contribution >= 0.6 is 15.9 Å². The van der Waals surface area contributed by atoms with Crippen molar-refractivity contribution in [1.82, 2.24) is 5.32 Å². The summed E-state index contributed by atoms with van der Waals surface area (Å²) in [6.07, 6.45) is 3.74. The van der Waals surface area contributed by atoms with Crippen LogP contribution in [0.2, 0.25) is 0 Å². The minimum Gasteiger partial charge on any atom is -0.319 e. The molecule has 1 atom stereocenters. The smallest absolute Gasteiger partial charge is 0.0175 e. The Bertz CT molecular complexity index is 303. The average molecular weight is 298 g/mol. The van der Waals surface area contributed by atoms with E-state index in [0.717, 1.165) is 22.9 Å². The van der Waals surface area contributed by atoms with Crippen molar-refractivity contribution in [3.63, 3.8) is 0 Å². The molecule has 0 aliphatic heterocycles. The summed E-state index contributed by atoms with van der Waals surface area (Å²) in [5.74, 6) is 1.57. The Hall–Kier alpha value is -0.340. The Balaban J connectivity index is 2.68. The maximum atomic E-state index is 3.49. The summed E-state index contributed by atoms with van der Waals surface area (Å²) in [7, 11) is 2.05. The van der Waals surface area contributed by atoms with Gasteiger partial charge >= 0.3 is 0 Å². The molecule has 0 bridgehead atoms. The molecular weight excluding hydrogens is 274 g/mol. The SMILES string of the molecule is CCC(CC)C(CNC)Cc1ccc(Br)cc1. The summed E-state index contributed by atoms with van der Waals surface area (Å²) >= 11 is 3.49. The summed E-state index contributed by atoms with van der Waals surface area (Å²) in [6, 6.07) is 8.74. The zero-order valence-corrected chi connectivity index (χ0v) is 12.8. The topological polar surface area (TPSA) is 12.0 Å². The number of benzene rings is 1. The summed E-state index contributed by atoms with van der Waals surface area (Å²) in [5.41, 5.74) is 1.44. The molecule has 0 aliphatic rings. The van der Waals surface area contributed by atoms with Crippen molar-refractivity contribution in [3.05, 3.63) is 34.3 Å². The first-order chi connectivity index (χ1) is 8.21. The average Bonchev–Trinajstić information content (AvgIpc) is 2.34. The molecule has 0 radical (unpaired) electrons. The fourth-order valence-corrected chi connectivity index (χ4v) is 2.81. The zero-order valence-electron chi connectivity index (χ0n) is 11.2. The van der Waals surface area contributed by atoms with E-state index in [1.54, 1.807) is 0 Å². The third kappa shape index (κ3) is 4.81. The van der Waals surface area contributed by atoms with Gasteiger partial charge in [0.05, 0.1) is 0 Å². The van der Waals surface area contributed by atoms with Gasteiger partial charge < -0.3 is 5.32 Å².